The number of aryl methyl sites for hydroxylation is 1. The summed E-state index contributed by atoms with van der Waals surface area (Å²) in [6.07, 6.45) is 0. The summed E-state index contributed by atoms with van der Waals surface area (Å²) in [5.41, 5.74) is 1.44. The number of methoxy groups -OCH3 is 1. The molecule has 0 aliphatic rings. The van der Waals surface area contributed by atoms with Gasteiger partial charge in [-0.3, -0.25) is 14.8 Å². The fourth-order valence-electron chi connectivity index (χ4n) is 2.95. The Kier molecular flexibility index (Phi) is 7.20. The van der Waals surface area contributed by atoms with Crippen LogP contribution >= 0.6 is 22.9 Å². The Hall–Kier alpha value is -3.67. The maximum Gasteiger partial charge on any atom is 0.291 e. The first-order valence-corrected chi connectivity index (χ1v) is 12.8. The van der Waals surface area contributed by atoms with E-state index in [1.807, 2.05) is 13.0 Å². The Morgan fingerprint density at radius 2 is 1.74 bits per heavy atom. The van der Waals surface area contributed by atoms with Gasteiger partial charge in [0.1, 0.15) is 11.5 Å². The van der Waals surface area contributed by atoms with Crippen LogP contribution in [0, 0.1) is 6.92 Å². The van der Waals surface area contributed by atoms with Crippen molar-refractivity contribution in [1.82, 2.24) is 10.2 Å². The zero-order valence-electron chi connectivity index (χ0n) is 18.5. The minimum absolute atomic E-state index is 0.0395. The van der Waals surface area contributed by atoms with E-state index in [2.05, 4.69) is 20.2 Å². The van der Waals surface area contributed by atoms with Crippen LogP contribution < -0.4 is 19.5 Å². The molecule has 9 nitrogen and oxygen atoms in total. The van der Waals surface area contributed by atoms with E-state index in [4.69, 9.17) is 21.1 Å². The van der Waals surface area contributed by atoms with Crippen LogP contribution in [0.1, 0.15) is 15.9 Å². The van der Waals surface area contributed by atoms with Crippen LogP contribution in [-0.2, 0) is 10.0 Å². The molecule has 2 N–H and O–H groups in total. The normalized spacial score (nSPS) is 11.1. The minimum atomic E-state index is -4.16. The molecule has 1 heterocycles. The van der Waals surface area contributed by atoms with E-state index >= 15 is 0 Å². The lowest BCUT2D eigenvalue weighted by Crippen LogP contribution is -2.13. The number of carbonyl (C=O) groups excluding carboxylic acids is 1. The summed E-state index contributed by atoms with van der Waals surface area (Å²) < 4.78 is 39.0. The standard InChI is InChI=1S/C23H19ClN4O5S2/c1-14-4-3-5-15(12-14)21(29)25-22-26-27-23(34-22)35(30,31)28-19-13-16(24)6-11-20(19)33-18-9-7-17(32-2)8-10-18/h3-13,28H,1-2H3,(H,25,26,29). The Morgan fingerprint density at radius 3 is 2.46 bits per heavy atom. The highest BCUT2D eigenvalue weighted by molar-refractivity contribution is 7.94. The Morgan fingerprint density at radius 1 is 1.00 bits per heavy atom. The SMILES string of the molecule is COc1ccc(Oc2ccc(Cl)cc2NS(=O)(=O)c2nnc(NC(=O)c3cccc(C)c3)s2)cc1. The van der Waals surface area contributed by atoms with E-state index in [-0.39, 0.29) is 20.9 Å². The molecule has 0 spiro atoms. The molecule has 3 aromatic carbocycles. The Bertz CT molecular complexity index is 1470. The third-order valence-corrected chi connectivity index (χ3v) is 7.42. The van der Waals surface area contributed by atoms with Crippen LogP contribution in [0.3, 0.4) is 0 Å². The van der Waals surface area contributed by atoms with Crippen molar-refractivity contribution in [1.29, 1.82) is 0 Å². The highest BCUT2D eigenvalue weighted by Crippen LogP contribution is 2.34. The first-order chi connectivity index (χ1) is 16.7. The zero-order valence-corrected chi connectivity index (χ0v) is 20.9. The molecule has 12 heteroatoms. The van der Waals surface area contributed by atoms with Gasteiger partial charge in [-0.2, -0.15) is 8.42 Å². The van der Waals surface area contributed by atoms with Crippen LogP contribution in [0.5, 0.6) is 17.2 Å². The number of benzene rings is 3. The molecule has 0 unspecified atom stereocenters. The van der Waals surface area contributed by atoms with Crippen LogP contribution in [0.2, 0.25) is 5.02 Å². The average Bonchev–Trinajstić information content (AvgIpc) is 3.31. The predicted molar refractivity (Wildman–Crippen MR) is 134 cm³/mol. The largest absolute Gasteiger partial charge is 0.497 e. The third-order valence-electron chi connectivity index (χ3n) is 4.61. The summed E-state index contributed by atoms with van der Waals surface area (Å²) in [4.78, 5) is 12.4. The van der Waals surface area contributed by atoms with Gasteiger partial charge in [0.25, 0.3) is 20.3 Å². The number of carbonyl (C=O) groups is 1. The molecule has 0 fully saturated rings. The van der Waals surface area contributed by atoms with Crippen molar-refractivity contribution in [2.24, 2.45) is 0 Å². The average molecular weight is 531 g/mol. The fraction of sp³-hybridized carbons (Fsp3) is 0.0870. The maximum absolute atomic E-state index is 13.0. The van der Waals surface area contributed by atoms with Crippen LogP contribution in [0.25, 0.3) is 0 Å². The van der Waals surface area contributed by atoms with Gasteiger partial charge in [-0.05, 0) is 61.5 Å². The zero-order chi connectivity index (χ0) is 25.0. The summed E-state index contributed by atoms with van der Waals surface area (Å²) >= 11 is 6.80. The molecular formula is C23H19ClN4O5S2. The monoisotopic (exact) mass is 530 g/mol. The number of hydrogen-bond acceptors (Lipinski definition) is 8. The van der Waals surface area contributed by atoms with Crippen molar-refractivity contribution in [2.75, 3.05) is 17.1 Å². The summed E-state index contributed by atoms with van der Waals surface area (Å²) in [6.45, 7) is 1.86. The van der Waals surface area contributed by atoms with Crippen molar-refractivity contribution < 1.29 is 22.7 Å². The summed E-state index contributed by atoms with van der Waals surface area (Å²) in [5.74, 6) is 0.911. The number of halogens is 1. The number of nitrogens with one attached hydrogen (secondary N) is 2. The molecule has 35 heavy (non-hydrogen) atoms. The van der Waals surface area contributed by atoms with Crippen molar-refractivity contribution in [2.45, 2.75) is 11.3 Å². The second-order valence-corrected chi connectivity index (χ2v) is 10.5. The van der Waals surface area contributed by atoms with Gasteiger partial charge in [0.15, 0.2) is 5.75 Å². The molecule has 0 saturated heterocycles. The van der Waals surface area contributed by atoms with Gasteiger partial charge in [-0.1, -0.05) is 40.6 Å². The van der Waals surface area contributed by atoms with Crippen molar-refractivity contribution in [3.05, 3.63) is 82.9 Å². The molecule has 0 bridgehead atoms. The number of hydrogen-bond donors (Lipinski definition) is 2. The van der Waals surface area contributed by atoms with Gasteiger partial charge < -0.3 is 9.47 Å². The third kappa shape index (κ3) is 6.07. The van der Waals surface area contributed by atoms with E-state index in [1.165, 1.54) is 12.1 Å². The summed E-state index contributed by atoms with van der Waals surface area (Å²) in [6, 6.07) is 18.3. The number of anilines is 2. The molecule has 0 aliphatic heterocycles. The Labute approximate surface area is 210 Å². The Balaban J connectivity index is 1.52. The molecule has 0 saturated carbocycles. The van der Waals surface area contributed by atoms with Gasteiger partial charge in [0, 0.05) is 10.6 Å². The fourth-order valence-corrected chi connectivity index (χ4v) is 5.08. The number of nitrogens with zero attached hydrogens (tertiary/aromatic N) is 2. The maximum atomic E-state index is 13.0. The lowest BCUT2D eigenvalue weighted by molar-refractivity contribution is 0.102. The number of rotatable bonds is 8. The van der Waals surface area contributed by atoms with Gasteiger partial charge in [-0.15, -0.1) is 10.2 Å². The first kappa shape index (κ1) is 24.5. The summed E-state index contributed by atoms with van der Waals surface area (Å²) in [7, 11) is -2.61. The minimum Gasteiger partial charge on any atom is -0.497 e. The number of ether oxygens (including phenoxy) is 2. The van der Waals surface area contributed by atoms with Crippen LogP contribution in [-0.4, -0.2) is 31.6 Å². The first-order valence-electron chi connectivity index (χ1n) is 10.1. The van der Waals surface area contributed by atoms with E-state index in [0.717, 1.165) is 5.56 Å². The molecule has 0 atom stereocenters. The number of amides is 1. The quantitative estimate of drug-likeness (QED) is 0.294. The molecule has 0 radical (unpaired) electrons. The smallest absolute Gasteiger partial charge is 0.291 e. The number of sulfonamides is 1. The summed E-state index contributed by atoms with van der Waals surface area (Å²) in [5, 5.41) is 10.4. The molecule has 1 amide bonds. The van der Waals surface area contributed by atoms with Gasteiger partial charge in [0.05, 0.1) is 12.8 Å². The van der Waals surface area contributed by atoms with Gasteiger partial charge in [0.2, 0.25) is 5.13 Å². The molecular weight excluding hydrogens is 512 g/mol. The molecule has 180 valence electrons. The van der Waals surface area contributed by atoms with Crippen molar-refractivity contribution in [3.63, 3.8) is 0 Å². The van der Waals surface area contributed by atoms with Gasteiger partial charge >= 0.3 is 0 Å². The van der Waals surface area contributed by atoms with E-state index in [9.17, 15) is 13.2 Å². The lowest BCUT2D eigenvalue weighted by atomic mass is 10.1. The van der Waals surface area contributed by atoms with Crippen molar-refractivity contribution >= 4 is 49.7 Å². The lowest BCUT2D eigenvalue weighted by Gasteiger charge is -2.13. The van der Waals surface area contributed by atoms with E-state index in [0.29, 0.717) is 33.4 Å². The molecule has 4 aromatic rings. The second kappa shape index (κ2) is 10.3. The molecule has 4 rings (SSSR count). The molecule has 0 aliphatic carbocycles. The molecule has 1 aromatic heterocycles. The predicted octanol–water partition coefficient (Wildman–Crippen LogP) is 5.35. The van der Waals surface area contributed by atoms with E-state index in [1.54, 1.807) is 55.6 Å². The van der Waals surface area contributed by atoms with Crippen LogP contribution in [0.4, 0.5) is 10.8 Å². The van der Waals surface area contributed by atoms with Crippen LogP contribution in [0.15, 0.2) is 71.1 Å². The van der Waals surface area contributed by atoms with Gasteiger partial charge in [-0.25, -0.2) is 0 Å². The number of aromatic nitrogens is 2. The van der Waals surface area contributed by atoms with Crippen molar-refractivity contribution in [3.8, 4) is 17.2 Å². The second-order valence-electron chi connectivity index (χ2n) is 7.22. The topological polar surface area (TPSA) is 120 Å². The van der Waals surface area contributed by atoms with E-state index < -0.39 is 15.9 Å². The highest BCUT2D eigenvalue weighted by atomic mass is 35.5. The highest BCUT2D eigenvalue weighted by Gasteiger charge is 2.23.